The zero-order chi connectivity index (χ0) is 16.2. The number of carbonyl (C=O) groups is 2. The van der Waals surface area contributed by atoms with Gasteiger partial charge in [-0.3, -0.25) is 14.7 Å². The van der Waals surface area contributed by atoms with Gasteiger partial charge in [0.05, 0.1) is 0 Å². The van der Waals surface area contributed by atoms with E-state index in [1.165, 1.54) is 29.8 Å². The summed E-state index contributed by atoms with van der Waals surface area (Å²) in [6.45, 7) is 0. The van der Waals surface area contributed by atoms with E-state index in [1.807, 2.05) is 12.1 Å². The Labute approximate surface area is 135 Å². The van der Waals surface area contributed by atoms with E-state index in [0.29, 0.717) is 6.42 Å². The molecule has 0 saturated heterocycles. The summed E-state index contributed by atoms with van der Waals surface area (Å²) in [6, 6.07) is 10.0. The molecule has 0 aliphatic rings. The summed E-state index contributed by atoms with van der Waals surface area (Å²) in [4.78, 5) is 29.3. The fourth-order valence-electron chi connectivity index (χ4n) is 2.10. The molecule has 3 aromatic rings. The lowest BCUT2D eigenvalue weighted by Crippen LogP contribution is -2.17. The number of aromatic amines is 1. The fourth-order valence-corrected chi connectivity index (χ4v) is 3.15. The standard InChI is InChI=1S/C16H12FN3O2S/c17-11-3-1-10(2-4-11)7-12-5-6-13(23-12)8-14(21)15(22)16-18-9-19-20-16/h1-6,9H,7-8H2,(H,18,19,20). The van der Waals surface area contributed by atoms with E-state index in [4.69, 9.17) is 0 Å². The summed E-state index contributed by atoms with van der Waals surface area (Å²) in [5, 5.41) is 5.94. The van der Waals surface area contributed by atoms with E-state index >= 15 is 0 Å². The van der Waals surface area contributed by atoms with E-state index in [9.17, 15) is 14.0 Å². The van der Waals surface area contributed by atoms with Gasteiger partial charge in [0.15, 0.2) is 5.82 Å². The molecule has 23 heavy (non-hydrogen) atoms. The average molecular weight is 329 g/mol. The van der Waals surface area contributed by atoms with E-state index < -0.39 is 11.6 Å². The number of halogens is 1. The molecule has 7 heteroatoms. The minimum absolute atomic E-state index is 0.0353. The minimum atomic E-state index is -0.670. The van der Waals surface area contributed by atoms with Crippen LogP contribution < -0.4 is 0 Å². The lowest BCUT2D eigenvalue weighted by molar-refractivity contribution is -0.114. The molecule has 0 aliphatic carbocycles. The number of H-pyrrole nitrogens is 1. The number of nitrogens with zero attached hydrogens (tertiary/aromatic N) is 2. The third-order valence-electron chi connectivity index (χ3n) is 3.23. The molecule has 0 aliphatic heterocycles. The lowest BCUT2D eigenvalue weighted by Gasteiger charge is -1.98. The lowest BCUT2D eigenvalue weighted by atomic mass is 10.1. The Balaban J connectivity index is 1.64. The maximum atomic E-state index is 12.9. The van der Waals surface area contributed by atoms with Gasteiger partial charge in [-0.1, -0.05) is 12.1 Å². The highest BCUT2D eigenvalue weighted by Gasteiger charge is 2.20. The Morgan fingerprint density at radius 2 is 1.83 bits per heavy atom. The minimum Gasteiger partial charge on any atom is -0.290 e. The SMILES string of the molecule is O=C(Cc1ccc(Cc2ccc(F)cc2)s1)C(=O)c1ncn[nH]1. The van der Waals surface area contributed by atoms with Crippen molar-refractivity contribution in [2.24, 2.45) is 0 Å². The summed E-state index contributed by atoms with van der Waals surface area (Å²) in [6.07, 6.45) is 1.88. The van der Waals surface area contributed by atoms with Crippen molar-refractivity contribution in [1.82, 2.24) is 15.2 Å². The number of hydrogen-bond donors (Lipinski definition) is 1. The van der Waals surface area contributed by atoms with E-state index in [1.54, 1.807) is 12.1 Å². The molecule has 0 unspecified atom stereocenters. The van der Waals surface area contributed by atoms with Gasteiger partial charge in [-0.15, -0.1) is 11.3 Å². The molecule has 0 spiro atoms. The molecule has 116 valence electrons. The maximum Gasteiger partial charge on any atom is 0.265 e. The van der Waals surface area contributed by atoms with Crippen molar-refractivity contribution in [3.05, 3.63) is 69.7 Å². The van der Waals surface area contributed by atoms with Crippen LogP contribution in [0.25, 0.3) is 0 Å². The molecule has 0 amide bonds. The van der Waals surface area contributed by atoms with Crippen molar-refractivity contribution in [3.8, 4) is 0 Å². The molecule has 0 fully saturated rings. The van der Waals surface area contributed by atoms with E-state index in [-0.39, 0.29) is 18.1 Å². The first-order valence-electron chi connectivity index (χ1n) is 6.87. The van der Waals surface area contributed by atoms with Gasteiger partial charge in [-0.2, -0.15) is 5.10 Å². The summed E-state index contributed by atoms with van der Waals surface area (Å²) in [5.41, 5.74) is 0.990. The van der Waals surface area contributed by atoms with Crippen LogP contribution in [0.4, 0.5) is 4.39 Å². The Morgan fingerprint density at radius 1 is 1.09 bits per heavy atom. The Morgan fingerprint density at radius 3 is 2.52 bits per heavy atom. The number of Topliss-reactive ketones (excluding diaryl/α,β-unsaturated/α-hetero) is 2. The first-order valence-corrected chi connectivity index (χ1v) is 7.68. The maximum absolute atomic E-state index is 12.9. The average Bonchev–Trinajstić information content (AvgIpc) is 3.21. The van der Waals surface area contributed by atoms with Gasteiger partial charge in [0.2, 0.25) is 5.78 Å². The Hall–Kier alpha value is -2.67. The second-order valence-electron chi connectivity index (χ2n) is 4.93. The first-order chi connectivity index (χ1) is 11.1. The van der Waals surface area contributed by atoms with Crippen LogP contribution in [-0.2, 0) is 17.6 Å². The van der Waals surface area contributed by atoms with Crippen molar-refractivity contribution in [2.75, 3.05) is 0 Å². The normalized spacial score (nSPS) is 10.7. The van der Waals surface area contributed by atoms with Gasteiger partial charge in [0.1, 0.15) is 12.1 Å². The highest BCUT2D eigenvalue weighted by molar-refractivity contribution is 7.12. The molecular weight excluding hydrogens is 317 g/mol. The number of thiophene rings is 1. The van der Waals surface area contributed by atoms with Crippen LogP contribution in [0, 0.1) is 5.82 Å². The molecule has 3 rings (SSSR count). The van der Waals surface area contributed by atoms with Crippen molar-refractivity contribution >= 4 is 22.9 Å². The van der Waals surface area contributed by atoms with Crippen LogP contribution in [0.3, 0.4) is 0 Å². The van der Waals surface area contributed by atoms with Gasteiger partial charge in [-0.25, -0.2) is 9.37 Å². The quantitative estimate of drug-likeness (QED) is 0.557. The number of rotatable bonds is 6. The molecule has 2 heterocycles. The van der Waals surface area contributed by atoms with Crippen LogP contribution in [-0.4, -0.2) is 26.7 Å². The van der Waals surface area contributed by atoms with Crippen LogP contribution in [0.2, 0.25) is 0 Å². The second kappa shape index (κ2) is 6.62. The van der Waals surface area contributed by atoms with E-state index in [2.05, 4.69) is 15.2 Å². The highest BCUT2D eigenvalue weighted by atomic mass is 32.1. The third-order valence-corrected chi connectivity index (χ3v) is 4.31. The number of nitrogens with one attached hydrogen (secondary N) is 1. The van der Waals surface area contributed by atoms with Crippen molar-refractivity contribution < 1.29 is 14.0 Å². The summed E-state index contributed by atoms with van der Waals surface area (Å²) < 4.78 is 12.9. The van der Waals surface area contributed by atoms with Gasteiger partial charge < -0.3 is 0 Å². The molecule has 0 radical (unpaired) electrons. The zero-order valence-electron chi connectivity index (χ0n) is 12.0. The number of benzene rings is 1. The van der Waals surface area contributed by atoms with Crippen LogP contribution in [0.5, 0.6) is 0 Å². The van der Waals surface area contributed by atoms with Gasteiger partial charge >= 0.3 is 0 Å². The van der Waals surface area contributed by atoms with Crippen molar-refractivity contribution in [2.45, 2.75) is 12.8 Å². The van der Waals surface area contributed by atoms with Crippen LogP contribution in [0.15, 0.2) is 42.7 Å². The zero-order valence-corrected chi connectivity index (χ0v) is 12.8. The number of carbonyl (C=O) groups excluding carboxylic acids is 2. The predicted octanol–water partition coefficient (Wildman–Crippen LogP) is 2.59. The smallest absolute Gasteiger partial charge is 0.265 e. The summed E-state index contributed by atoms with van der Waals surface area (Å²) in [5.74, 6) is -1.51. The third kappa shape index (κ3) is 3.75. The van der Waals surface area contributed by atoms with Crippen LogP contribution >= 0.6 is 11.3 Å². The molecule has 1 N–H and O–H groups in total. The second-order valence-corrected chi connectivity index (χ2v) is 6.19. The summed E-state index contributed by atoms with van der Waals surface area (Å²) in [7, 11) is 0. The first kappa shape index (κ1) is 15.2. The highest BCUT2D eigenvalue weighted by Crippen LogP contribution is 2.21. The monoisotopic (exact) mass is 329 g/mol. The largest absolute Gasteiger partial charge is 0.290 e. The molecule has 1 aromatic carbocycles. The van der Waals surface area contributed by atoms with Crippen molar-refractivity contribution in [1.29, 1.82) is 0 Å². The molecule has 5 nitrogen and oxygen atoms in total. The Kier molecular flexibility index (Phi) is 4.38. The Bertz CT molecular complexity index is 825. The number of aromatic nitrogens is 3. The molecule has 0 bridgehead atoms. The number of hydrogen-bond acceptors (Lipinski definition) is 5. The van der Waals surface area contributed by atoms with Crippen LogP contribution in [0.1, 0.15) is 25.9 Å². The van der Waals surface area contributed by atoms with Gasteiger partial charge in [-0.05, 0) is 29.8 Å². The molecule has 2 aromatic heterocycles. The number of ketones is 2. The molecule has 0 saturated carbocycles. The predicted molar refractivity (Wildman–Crippen MR) is 82.9 cm³/mol. The van der Waals surface area contributed by atoms with Gasteiger partial charge in [0.25, 0.3) is 5.78 Å². The van der Waals surface area contributed by atoms with Crippen molar-refractivity contribution in [3.63, 3.8) is 0 Å². The van der Waals surface area contributed by atoms with E-state index in [0.717, 1.165) is 15.3 Å². The molecule has 0 atom stereocenters. The topological polar surface area (TPSA) is 75.7 Å². The summed E-state index contributed by atoms with van der Waals surface area (Å²) >= 11 is 1.46. The fraction of sp³-hybridized carbons (Fsp3) is 0.125. The van der Waals surface area contributed by atoms with Gasteiger partial charge in [0, 0.05) is 22.6 Å². The molecular formula is C16H12FN3O2S.